The lowest BCUT2D eigenvalue weighted by molar-refractivity contribution is -0.157. The van der Waals surface area contributed by atoms with Gasteiger partial charge in [0.05, 0.1) is 12.2 Å². The second-order valence-electron chi connectivity index (χ2n) is 7.61. The van der Waals surface area contributed by atoms with E-state index in [-0.39, 0.29) is 29.5 Å². The second-order valence-corrected chi connectivity index (χ2v) is 7.61. The van der Waals surface area contributed by atoms with Gasteiger partial charge in [-0.05, 0) is 37.5 Å². The average molecular weight is 292 g/mol. The average Bonchev–Trinajstić information content (AvgIpc) is 2.51. The highest BCUT2D eigenvalue weighted by molar-refractivity contribution is 5.91. The predicted octanol–water partition coefficient (Wildman–Crippen LogP) is 2.85. The first-order valence-corrected chi connectivity index (χ1v) is 8.60. The van der Waals surface area contributed by atoms with Crippen molar-refractivity contribution in [2.45, 2.75) is 70.5 Å². The quantitative estimate of drug-likeness (QED) is 0.786. The lowest BCUT2D eigenvalue weighted by Crippen LogP contribution is -2.56. The molecule has 21 heavy (non-hydrogen) atoms. The van der Waals surface area contributed by atoms with Gasteiger partial charge >= 0.3 is 0 Å². The van der Waals surface area contributed by atoms with Crippen LogP contribution in [0.3, 0.4) is 0 Å². The van der Waals surface area contributed by atoms with Gasteiger partial charge in [-0.1, -0.05) is 38.3 Å². The van der Waals surface area contributed by atoms with Crippen molar-refractivity contribution in [1.82, 2.24) is 0 Å². The fourth-order valence-electron chi connectivity index (χ4n) is 4.67. The Morgan fingerprint density at radius 1 is 1.24 bits per heavy atom. The van der Waals surface area contributed by atoms with Crippen LogP contribution < -0.4 is 0 Å². The Bertz CT molecular complexity index is 424. The van der Waals surface area contributed by atoms with Gasteiger partial charge in [-0.15, -0.1) is 0 Å². The Balaban J connectivity index is 1.65. The number of hydrogen-bond donors (Lipinski definition) is 2. The van der Waals surface area contributed by atoms with Gasteiger partial charge in [0, 0.05) is 17.8 Å². The summed E-state index contributed by atoms with van der Waals surface area (Å²) >= 11 is 0. The van der Waals surface area contributed by atoms with E-state index in [4.69, 9.17) is 0 Å². The number of fused-ring (bicyclic) bond motifs is 1. The van der Waals surface area contributed by atoms with Gasteiger partial charge in [0.2, 0.25) is 0 Å². The molecule has 3 aliphatic carbocycles. The minimum atomic E-state index is -0.388. The molecule has 0 unspecified atom stereocenters. The number of aliphatic hydroxyl groups is 2. The van der Waals surface area contributed by atoms with Crippen molar-refractivity contribution in [2.75, 3.05) is 0 Å². The van der Waals surface area contributed by atoms with Crippen LogP contribution in [0.25, 0.3) is 0 Å². The maximum Gasteiger partial charge on any atom is 0.139 e. The van der Waals surface area contributed by atoms with Crippen LogP contribution in [0.2, 0.25) is 0 Å². The summed E-state index contributed by atoms with van der Waals surface area (Å²) in [6, 6.07) is 0. The molecule has 5 atom stereocenters. The van der Waals surface area contributed by atoms with Crippen LogP contribution in [0.4, 0.5) is 0 Å². The number of rotatable bonds is 3. The van der Waals surface area contributed by atoms with Crippen molar-refractivity contribution in [3.05, 3.63) is 12.2 Å². The summed E-state index contributed by atoms with van der Waals surface area (Å²) in [5, 5.41) is 20.6. The fourth-order valence-corrected chi connectivity index (χ4v) is 4.67. The molecule has 118 valence electrons. The molecule has 0 aliphatic heterocycles. The number of aliphatic hydroxyl groups excluding tert-OH is 2. The molecule has 3 nitrogen and oxygen atoms in total. The molecule has 0 aromatic carbocycles. The molecule has 3 aliphatic rings. The summed E-state index contributed by atoms with van der Waals surface area (Å²) in [6.07, 6.45) is 11.2. The highest BCUT2D eigenvalue weighted by Crippen LogP contribution is 2.55. The van der Waals surface area contributed by atoms with Crippen LogP contribution in [-0.2, 0) is 4.79 Å². The van der Waals surface area contributed by atoms with E-state index >= 15 is 0 Å². The van der Waals surface area contributed by atoms with E-state index in [1.165, 1.54) is 19.3 Å². The van der Waals surface area contributed by atoms with Crippen LogP contribution in [0.5, 0.6) is 0 Å². The number of carbonyl (C=O) groups is 1. The first-order valence-electron chi connectivity index (χ1n) is 8.60. The molecule has 0 spiro atoms. The topological polar surface area (TPSA) is 57.5 Å². The van der Waals surface area contributed by atoms with Crippen molar-refractivity contribution in [3.8, 4) is 0 Å². The molecule has 2 N–H and O–H groups in total. The van der Waals surface area contributed by atoms with Gasteiger partial charge in [-0.2, -0.15) is 0 Å². The molecule has 3 fully saturated rings. The smallest absolute Gasteiger partial charge is 0.139 e. The summed E-state index contributed by atoms with van der Waals surface area (Å²) < 4.78 is 0. The van der Waals surface area contributed by atoms with Gasteiger partial charge in [0.15, 0.2) is 0 Å². The molecule has 0 aromatic heterocycles. The summed E-state index contributed by atoms with van der Waals surface area (Å²) in [6.45, 7) is 2.05. The number of carbonyl (C=O) groups excluding carboxylic acids is 1. The minimum Gasteiger partial charge on any atom is -0.393 e. The molecule has 3 rings (SSSR count). The molecule has 0 bridgehead atoms. The van der Waals surface area contributed by atoms with Gasteiger partial charge in [-0.3, -0.25) is 4.79 Å². The van der Waals surface area contributed by atoms with E-state index in [1.807, 2.05) is 19.1 Å². The zero-order valence-corrected chi connectivity index (χ0v) is 13.0. The minimum absolute atomic E-state index is 0.0414. The number of hydrogen-bond acceptors (Lipinski definition) is 3. The Kier molecular flexibility index (Phi) is 4.24. The third-order valence-corrected chi connectivity index (χ3v) is 6.39. The van der Waals surface area contributed by atoms with Crippen molar-refractivity contribution in [3.63, 3.8) is 0 Å². The van der Waals surface area contributed by atoms with E-state index in [9.17, 15) is 15.0 Å². The molecule has 0 radical (unpaired) electrons. The van der Waals surface area contributed by atoms with E-state index in [1.54, 1.807) is 0 Å². The number of ketones is 1. The summed E-state index contributed by atoms with van der Waals surface area (Å²) in [5.74, 6) is 1.04. The van der Waals surface area contributed by atoms with Crippen LogP contribution in [0, 0.1) is 23.2 Å². The molecule has 0 heterocycles. The largest absolute Gasteiger partial charge is 0.393 e. The highest BCUT2D eigenvalue weighted by atomic mass is 16.3. The standard InChI is InChI=1S/C18H28O3/c1-18-10-9-16(20)13(14(18)11-17(18)21)7-8-15(19)12-5-3-2-4-6-12/h7-8,12-16,19-20H,2-6,9-11H2,1H3/t13-,14-,15+,16-,18+/m0/s1. The summed E-state index contributed by atoms with van der Waals surface area (Å²) in [7, 11) is 0. The van der Waals surface area contributed by atoms with E-state index in [2.05, 4.69) is 0 Å². The van der Waals surface area contributed by atoms with Crippen molar-refractivity contribution < 1.29 is 15.0 Å². The predicted molar refractivity (Wildman–Crippen MR) is 81.7 cm³/mol. The van der Waals surface area contributed by atoms with Crippen LogP contribution in [0.15, 0.2) is 12.2 Å². The molecular formula is C18H28O3. The fraction of sp³-hybridized carbons (Fsp3) is 0.833. The van der Waals surface area contributed by atoms with Gasteiger partial charge in [-0.25, -0.2) is 0 Å². The normalized spacial score (nSPS) is 42.6. The zero-order chi connectivity index (χ0) is 15.0. The van der Waals surface area contributed by atoms with Gasteiger partial charge in [0.25, 0.3) is 0 Å². The molecule has 0 amide bonds. The Morgan fingerprint density at radius 3 is 2.62 bits per heavy atom. The molecule has 3 heteroatoms. The van der Waals surface area contributed by atoms with Gasteiger partial charge < -0.3 is 10.2 Å². The molecular weight excluding hydrogens is 264 g/mol. The molecule has 0 aromatic rings. The lowest BCUT2D eigenvalue weighted by Gasteiger charge is -2.53. The zero-order valence-electron chi connectivity index (χ0n) is 13.0. The maximum absolute atomic E-state index is 11.9. The monoisotopic (exact) mass is 292 g/mol. The third-order valence-electron chi connectivity index (χ3n) is 6.39. The highest BCUT2D eigenvalue weighted by Gasteiger charge is 2.57. The van der Waals surface area contributed by atoms with Crippen LogP contribution >= 0.6 is 0 Å². The number of Topliss-reactive ketones (excluding diaryl/α,β-unsaturated/α-hetero) is 1. The first-order chi connectivity index (χ1) is 10.0. The second kappa shape index (κ2) is 5.85. The maximum atomic E-state index is 11.9. The van der Waals surface area contributed by atoms with Crippen molar-refractivity contribution >= 4 is 5.78 Å². The van der Waals surface area contributed by atoms with Crippen molar-refractivity contribution in [2.24, 2.45) is 23.2 Å². The Hall–Kier alpha value is -0.670. The van der Waals surface area contributed by atoms with E-state index in [0.717, 1.165) is 19.3 Å². The van der Waals surface area contributed by atoms with E-state index < -0.39 is 0 Å². The molecule has 0 saturated heterocycles. The van der Waals surface area contributed by atoms with Gasteiger partial charge in [0.1, 0.15) is 5.78 Å². The first kappa shape index (κ1) is 15.2. The van der Waals surface area contributed by atoms with Crippen molar-refractivity contribution in [1.29, 1.82) is 0 Å². The third kappa shape index (κ3) is 2.70. The summed E-state index contributed by atoms with van der Waals surface area (Å²) in [5.41, 5.74) is -0.218. The molecule has 3 saturated carbocycles. The summed E-state index contributed by atoms with van der Waals surface area (Å²) in [4.78, 5) is 11.9. The Labute approximate surface area is 127 Å². The Morgan fingerprint density at radius 2 is 1.95 bits per heavy atom. The van der Waals surface area contributed by atoms with Crippen LogP contribution in [0.1, 0.15) is 58.3 Å². The van der Waals surface area contributed by atoms with Crippen LogP contribution in [-0.4, -0.2) is 28.2 Å². The van der Waals surface area contributed by atoms with E-state index in [0.29, 0.717) is 24.5 Å². The SMILES string of the molecule is C[C@@]12CC[C@H](O)[C@@H](C=C[C@@H](O)C3CCCCC3)[C@@H]1CC2=O. The lowest BCUT2D eigenvalue weighted by atomic mass is 9.50.